The monoisotopic (exact) mass is 326 g/mol. The Hall–Kier alpha value is -2.70. The van der Waals surface area contributed by atoms with E-state index in [-0.39, 0.29) is 5.82 Å². The van der Waals surface area contributed by atoms with Gasteiger partial charge in [-0.25, -0.2) is 4.39 Å². The van der Waals surface area contributed by atoms with E-state index in [9.17, 15) is 4.39 Å². The van der Waals surface area contributed by atoms with Gasteiger partial charge in [0.15, 0.2) is 0 Å². The van der Waals surface area contributed by atoms with E-state index in [2.05, 4.69) is 25.5 Å². The van der Waals surface area contributed by atoms with Gasteiger partial charge in [-0.3, -0.25) is 0 Å². The third kappa shape index (κ3) is 2.89. The first-order valence-electron chi connectivity index (χ1n) is 8.14. The van der Waals surface area contributed by atoms with Crippen LogP contribution in [0.15, 0.2) is 36.7 Å². The highest BCUT2D eigenvalue weighted by Gasteiger charge is 2.20. The molecule has 1 aliphatic rings. The van der Waals surface area contributed by atoms with E-state index in [0.29, 0.717) is 6.04 Å². The summed E-state index contributed by atoms with van der Waals surface area (Å²) in [6, 6.07) is 9.10. The van der Waals surface area contributed by atoms with Gasteiger partial charge in [-0.15, -0.1) is 10.2 Å². The van der Waals surface area contributed by atoms with Gasteiger partial charge < -0.3 is 10.2 Å². The van der Waals surface area contributed by atoms with E-state index >= 15 is 0 Å². The van der Waals surface area contributed by atoms with Crippen molar-refractivity contribution in [2.45, 2.75) is 25.8 Å². The molecular formula is C17H19FN6. The van der Waals surface area contributed by atoms with Crippen LogP contribution in [-0.4, -0.2) is 38.9 Å². The number of rotatable bonds is 3. The molecule has 1 saturated heterocycles. The summed E-state index contributed by atoms with van der Waals surface area (Å²) in [4.78, 5) is 2.29. The van der Waals surface area contributed by atoms with Crippen LogP contribution in [0.4, 0.5) is 15.8 Å². The smallest absolute Gasteiger partial charge is 0.200 e. The van der Waals surface area contributed by atoms with Gasteiger partial charge in [0.2, 0.25) is 5.65 Å². The molecule has 0 atom stereocenters. The van der Waals surface area contributed by atoms with E-state index < -0.39 is 0 Å². The Morgan fingerprint density at radius 1 is 1.17 bits per heavy atom. The number of benzene rings is 1. The van der Waals surface area contributed by atoms with Gasteiger partial charge in [0.25, 0.3) is 0 Å². The number of hydrogen-bond donors (Lipinski definition) is 1. The minimum Gasteiger partial charge on any atom is -0.379 e. The van der Waals surface area contributed by atoms with E-state index in [1.54, 1.807) is 10.8 Å². The molecule has 0 bridgehead atoms. The lowest BCUT2D eigenvalue weighted by Gasteiger charge is -2.34. The molecule has 124 valence electrons. The average Bonchev–Trinajstić information content (AvgIpc) is 3.05. The molecule has 0 spiro atoms. The lowest BCUT2D eigenvalue weighted by Crippen LogP contribution is -2.39. The molecule has 3 aromatic rings. The molecule has 24 heavy (non-hydrogen) atoms. The van der Waals surface area contributed by atoms with Crippen molar-refractivity contribution in [3.63, 3.8) is 0 Å². The van der Waals surface area contributed by atoms with Crippen LogP contribution in [0, 0.1) is 12.7 Å². The Kier molecular flexibility index (Phi) is 3.76. The summed E-state index contributed by atoms with van der Waals surface area (Å²) in [5.74, 6) is -0.194. The number of hydrogen-bond acceptors (Lipinski definition) is 5. The number of anilines is 2. The topological polar surface area (TPSA) is 58.3 Å². The predicted octanol–water partition coefficient (Wildman–Crippen LogP) is 2.65. The average molecular weight is 326 g/mol. The number of nitrogens with one attached hydrogen (secondary N) is 1. The first kappa shape index (κ1) is 14.9. The van der Waals surface area contributed by atoms with E-state index in [1.807, 2.05) is 25.1 Å². The van der Waals surface area contributed by atoms with Crippen LogP contribution in [-0.2, 0) is 0 Å². The van der Waals surface area contributed by atoms with Gasteiger partial charge in [0, 0.05) is 24.8 Å². The summed E-state index contributed by atoms with van der Waals surface area (Å²) in [7, 11) is 0. The summed E-state index contributed by atoms with van der Waals surface area (Å²) < 4.78 is 14.7. The highest BCUT2D eigenvalue weighted by molar-refractivity contribution is 5.67. The Bertz CT molecular complexity index is 836. The SMILES string of the molecule is Cc1cc(NC2CCN(c3ccc(F)cc3)CC2)c2nncn2n1. The third-order valence-electron chi connectivity index (χ3n) is 4.44. The summed E-state index contributed by atoms with van der Waals surface area (Å²) in [5.41, 5.74) is 3.73. The molecule has 3 heterocycles. The van der Waals surface area contributed by atoms with Crippen molar-refractivity contribution in [1.29, 1.82) is 0 Å². The standard InChI is InChI=1S/C17H19FN6/c1-12-10-16(17-21-19-11-24(17)22-12)20-14-6-8-23(9-7-14)15-4-2-13(18)3-5-15/h2-5,10-11,14,20H,6-9H2,1H3. The second kappa shape index (κ2) is 6.07. The number of piperidine rings is 1. The molecule has 6 nitrogen and oxygen atoms in total. The van der Waals surface area contributed by atoms with Gasteiger partial charge in [0.05, 0.1) is 11.4 Å². The van der Waals surface area contributed by atoms with Crippen LogP contribution >= 0.6 is 0 Å². The van der Waals surface area contributed by atoms with Gasteiger partial charge in [-0.05, 0) is 50.1 Å². The second-order valence-electron chi connectivity index (χ2n) is 6.18. The third-order valence-corrected chi connectivity index (χ3v) is 4.44. The first-order valence-corrected chi connectivity index (χ1v) is 8.14. The number of aromatic nitrogens is 4. The largest absolute Gasteiger partial charge is 0.379 e. The van der Waals surface area contributed by atoms with Gasteiger partial charge in [0.1, 0.15) is 12.1 Å². The highest BCUT2D eigenvalue weighted by Crippen LogP contribution is 2.23. The summed E-state index contributed by atoms with van der Waals surface area (Å²) in [5, 5.41) is 16.0. The molecule has 0 aliphatic carbocycles. The summed E-state index contributed by atoms with van der Waals surface area (Å²) >= 11 is 0. The Labute approximate surface area is 139 Å². The molecule has 0 amide bonds. The fraction of sp³-hybridized carbons (Fsp3) is 0.353. The second-order valence-corrected chi connectivity index (χ2v) is 6.18. The van der Waals surface area contributed by atoms with E-state index in [0.717, 1.165) is 48.6 Å². The maximum absolute atomic E-state index is 13.0. The highest BCUT2D eigenvalue weighted by atomic mass is 19.1. The van der Waals surface area contributed by atoms with Gasteiger partial charge in [-0.2, -0.15) is 9.61 Å². The fourth-order valence-electron chi connectivity index (χ4n) is 3.21. The van der Waals surface area contributed by atoms with Crippen molar-refractivity contribution < 1.29 is 4.39 Å². The Balaban J connectivity index is 1.44. The lowest BCUT2D eigenvalue weighted by atomic mass is 10.0. The summed E-state index contributed by atoms with van der Waals surface area (Å²) in [6.45, 7) is 3.84. The molecule has 0 radical (unpaired) electrons. The van der Waals surface area contributed by atoms with Gasteiger partial charge >= 0.3 is 0 Å². The zero-order valence-corrected chi connectivity index (χ0v) is 13.5. The predicted molar refractivity (Wildman–Crippen MR) is 90.8 cm³/mol. The summed E-state index contributed by atoms with van der Waals surface area (Å²) in [6.07, 6.45) is 3.64. The molecule has 1 aromatic carbocycles. The molecule has 7 heteroatoms. The van der Waals surface area contributed by atoms with Crippen LogP contribution in [0.5, 0.6) is 0 Å². The minimum absolute atomic E-state index is 0.194. The normalized spacial score (nSPS) is 15.8. The van der Waals surface area contributed by atoms with Crippen LogP contribution in [0.1, 0.15) is 18.5 Å². The molecule has 1 aliphatic heterocycles. The van der Waals surface area contributed by atoms with Crippen molar-refractivity contribution in [2.75, 3.05) is 23.3 Å². The number of halogens is 1. The van der Waals surface area contributed by atoms with Crippen molar-refractivity contribution in [3.05, 3.63) is 48.2 Å². The Morgan fingerprint density at radius 3 is 2.67 bits per heavy atom. The molecule has 1 N–H and O–H groups in total. The van der Waals surface area contributed by atoms with Crippen molar-refractivity contribution >= 4 is 17.0 Å². The van der Waals surface area contributed by atoms with Crippen LogP contribution < -0.4 is 10.2 Å². The maximum atomic E-state index is 13.0. The number of nitrogens with zero attached hydrogens (tertiary/aromatic N) is 5. The molecule has 1 fully saturated rings. The Morgan fingerprint density at radius 2 is 1.92 bits per heavy atom. The van der Waals surface area contributed by atoms with Crippen molar-refractivity contribution in [3.8, 4) is 0 Å². The van der Waals surface area contributed by atoms with E-state index in [4.69, 9.17) is 0 Å². The van der Waals surface area contributed by atoms with Gasteiger partial charge in [-0.1, -0.05) is 0 Å². The van der Waals surface area contributed by atoms with E-state index in [1.165, 1.54) is 12.1 Å². The van der Waals surface area contributed by atoms with Crippen molar-refractivity contribution in [2.24, 2.45) is 0 Å². The quantitative estimate of drug-likeness (QED) is 0.802. The lowest BCUT2D eigenvalue weighted by molar-refractivity contribution is 0.526. The van der Waals surface area contributed by atoms with Crippen LogP contribution in [0.25, 0.3) is 5.65 Å². The molecule has 0 saturated carbocycles. The van der Waals surface area contributed by atoms with Crippen LogP contribution in [0.2, 0.25) is 0 Å². The molecule has 4 rings (SSSR count). The molecule has 2 aromatic heterocycles. The van der Waals surface area contributed by atoms with Crippen molar-refractivity contribution in [1.82, 2.24) is 19.8 Å². The zero-order chi connectivity index (χ0) is 16.5. The maximum Gasteiger partial charge on any atom is 0.200 e. The first-order chi connectivity index (χ1) is 11.7. The fourth-order valence-corrected chi connectivity index (χ4v) is 3.21. The van der Waals surface area contributed by atoms with Crippen LogP contribution in [0.3, 0.4) is 0 Å². The molecular weight excluding hydrogens is 307 g/mol. The number of aryl methyl sites for hydroxylation is 1. The minimum atomic E-state index is -0.194. The number of fused-ring (bicyclic) bond motifs is 1. The molecule has 0 unspecified atom stereocenters. The zero-order valence-electron chi connectivity index (χ0n) is 13.5.